The average molecular weight is 707 g/mol. The van der Waals surface area contributed by atoms with Crippen LogP contribution in [0.5, 0.6) is 0 Å². The number of carboxylic acids is 1. The maximum absolute atomic E-state index is 12.5. The number of rotatable bonds is 2. The molecule has 2 aromatic rings. The Morgan fingerprint density at radius 2 is 1.10 bits per heavy atom. The number of hydrogen-bond acceptors (Lipinski definition) is 5. The lowest BCUT2D eigenvalue weighted by Crippen LogP contribution is -2.45. The van der Waals surface area contributed by atoms with Gasteiger partial charge < -0.3 is 25.5 Å². The molecule has 4 N–H and O–H groups in total. The summed E-state index contributed by atoms with van der Waals surface area (Å²) in [6.45, 7) is 14.7. The number of hydrogen-bond donors (Lipinski definition) is 4. The fourth-order valence-electron chi connectivity index (χ4n) is 4.48. The van der Waals surface area contributed by atoms with Crippen molar-refractivity contribution in [2.24, 2.45) is 0 Å². The van der Waals surface area contributed by atoms with Crippen LogP contribution in [0.3, 0.4) is 0 Å². The largest absolute Gasteiger partial charge is 0.478 e. The van der Waals surface area contributed by atoms with Crippen LogP contribution in [0.4, 0.5) is 0 Å². The Balaban J connectivity index is 0.000000326. The molecule has 10 heteroatoms. The van der Waals surface area contributed by atoms with Crippen molar-refractivity contribution < 1.29 is 24.9 Å². The van der Waals surface area contributed by atoms with E-state index in [0.29, 0.717) is 31.5 Å². The maximum Gasteiger partial charge on any atom is 0.335 e. The Morgan fingerprint density at radius 1 is 0.750 bits per heavy atom. The Hall–Kier alpha value is -1.49. The first-order valence-corrected chi connectivity index (χ1v) is 14.8. The topological polar surface area (TPSA) is 110 Å². The monoisotopic (exact) mass is 704 g/mol. The molecule has 0 unspecified atom stereocenters. The standard InChI is InChI=1S/C15H20BrNO2.C9H9BrO2.C6H13NO.ClH/c1-10-8-12(9-11(2)13(10)16)14(18)17-6-4-15(3,19)5-7-17;1-5-3-7(9(11)12)4-6(2)8(5)10;1-6(8)2-4-7-5-3-6;/h8-9,19H,4-7H2,1-3H3;3-4H,1-2H3,(H,11,12);7-8H,2-5H2,1H3;1H. The third-order valence-electron chi connectivity index (χ3n) is 7.18. The van der Waals surface area contributed by atoms with E-state index < -0.39 is 11.6 Å². The number of carboxylic acid groups (broad SMARTS) is 1. The number of benzene rings is 2. The minimum atomic E-state index is -0.881. The number of carbonyl (C=O) groups is 2. The molecule has 0 spiro atoms. The predicted octanol–water partition coefficient (Wildman–Crippen LogP) is 6.36. The van der Waals surface area contributed by atoms with E-state index in [2.05, 4.69) is 37.2 Å². The molecule has 7 nitrogen and oxygen atoms in total. The van der Waals surface area contributed by atoms with Crippen LogP contribution < -0.4 is 5.32 Å². The van der Waals surface area contributed by atoms with Gasteiger partial charge in [-0.2, -0.15) is 0 Å². The van der Waals surface area contributed by atoms with Gasteiger partial charge in [-0.1, -0.05) is 31.9 Å². The number of nitrogens with one attached hydrogen (secondary N) is 1. The minimum Gasteiger partial charge on any atom is -0.478 e. The molecule has 0 bridgehead atoms. The van der Waals surface area contributed by atoms with Gasteiger partial charge in [-0.25, -0.2) is 4.79 Å². The summed E-state index contributed by atoms with van der Waals surface area (Å²) in [7, 11) is 0. The van der Waals surface area contributed by atoms with Gasteiger partial charge in [-0.3, -0.25) is 4.79 Å². The quantitative estimate of drug-likeness (QED) is 0.290. The zero-order valence-electron chi connectivity index (χ0n) is 24.2. The van der Waals surface area contributed by atoms with Gasteiger partial charge in [-0.05, 0) is 127 Å². The number of aliphatic hydroxyl groups is 2. The van der Waals surface area contributed by atoms with Gasteiger partial charge in [0.05, 0.1) is 16.8 Å². The molecule has 2 aromatic carbocycles. The molecule has 4 rings (SSSR count). The number of aromatic carboxylic acids is 1. The highest BCUT2D eigenvalue weighted by molar-refractivity contribution is 9.10. The second-order valence-corrected chi connectivity index (χ2v) is 12.8. The van der Waals surface area contributed by atoms with E-state index in [1.165, 1.54) is 0 Å². The van der Waals surface area contributed by atoms with Crippen molar-refractivity contribution in [3.05, 3.63) is 66.6 Å². The van der Waals surface area contributed by atoms with Crippen molar-refractivity contribution in [1.29, 1.82) is 0 Å². The van der Waals surface area contributed by atoms with Gasteiger partial charge in [0, 0.05) is 27.6 Å². The van der Waals surface area contributed by atoms with Gasteiger partial charge in [0.2, 0.25) is 0 Å². The first-order chi connectivity index (χ1) is 18.0. The van der Waals surface area contributed by atoms with Crippen LogP contribution in [0.25, 0.3) is 0 Å². The van der Waals surface area contributed by atoms with Crippen molar-refractivity contribution in [2.75, 3.05) is 26.2 Å². The van der Waals surface area contributed by atoms with Crippen LogP contribution in [0.15, 0.2) is 33.2 Å². The minimum absolute atomic E-state index is 0. The number of likely N-dealkylation sites (tertiary alicyclic amines) is 1. The fraction of sp³-hybridized carbons (Fsp3) is 0.533. The van der Waals surface area contributed by atoms with Crippen LogP contribution in [0, 0.1) is 27.7 Å². The summed E-state index contributed by atoms with van der Waals surface area (Å²) in [5.74, 6) is -0.817. The molecule has 224 valence electrons. The first-order valence-electron chi connectivity index (χ1n) is 13.2. The van der Waals surface area contributed by atoms with Crippen LogP contribution >= 0.6 is 44.3 Å². The van der Waals surface area contributed by atoms with Crippen LogP contribution in [-0.4, -0.2) is 69.5 Å². The molecule has 2 fully saturated rings. The number of nitrogens with zero attached hydrogens (tertiary/aromatic N) is 1. The van der Waals surface area contributed by atoms with E-state index >= 15 is 0 Å². The van der Waals surface area contributed by atoms with E-state index in [1.54, 1.807) is 12.1 Å². The smallest absolute Gasteiger partial charge is 0.335 e. The Labute approximate surface area is 261 Å². The molecule has 2 heterocycles. The van der Waals surface area contributed by atoms with E-state index in [9.17, 15) is 19.8 Å². The lowest BCUT2D eigenvalue weighted by molar-refractivity contribution is -0.00206. The predicted molar refractivity (Wildman–Crippen MR) is 170 cm³/mol. The molecular weight excluding hydrogens is 664 g/mol. The lowest BCUT2D eigenvalue weighted by atomic mass is 9.93. The molecule has 2 saturated heterocycles. The highest BCUT2D eigenvalue weighted by Gasteiger charge is 2.30. The van der Waals surface area contributed by atoms with Crippen LogP contribution in [-0.2, 0) is 0 Å². The first kappa shape index (κ1) is 36.5. The molecule has 2 aliphatic rings. The molecule has 0 atom stereocenters. The molecule has 0 aromatic heterocycles. The van der Waals surface area contributed by atoms with Gasteiger partial charge in [0.15, 0.2) is 0 Å². The van der Waals surface area contributed by atoms with Gasteiger partial charge in [0.25, 0.3) is 5.91 Å². The van der Waals surface area contributed by atoms with Crippen molar-refractivity contribution >= 4 is 56.1 Å². The number of amides is 1. The van der Waals surface area contributed by atoms with Gasteiger partial charge in [0.1, 0.15) is 0 Å². The van der Waals surface area contributed by atoms with E-state index in [-0.39, 0.29) is 23.9 Å². The Bertz CT molecular complexity index is 1120. The zero-order valence-corrected chi connectivity index (χ0v) is 28.2. The molecule has 40 heavy (non-hydrogen) atoms. The maximum atomic E-state index is 12.5. The Kier molecular flexibility index (Phi) is 14.3. The van der Waals surface area contributed by atoms with Crippen molar-refractivity contribution in [3.63, 3.8) is 0 Å². The number of carbonyl (C=O) groups excluding carboxylic acids is 1. The highest BCUT2D eigenvalue weighted by atomic mass is 79.9. The van der Waals surface area contributed by atoms with Crippen LogP contribution in [0.2, 0.25) is 0 Å². The van der Waals surface area contributed by atoms with Gasteiger partial charge in [-0.15, -0.1) is 12.4 Å². The normalized spacial score (nSPS) is 17.3. The SMILES string of the molecule is CC1(O)CCNCC1.Cc1cc(C(=O)N2CCC(C)(O)CC2)cc(C)c1Br.Cc1cc(C(=O)O)cc(C)c1Br.Cl. The Morgan fingerprint density at radius 3 is 1.43 bits per heavy atom. The second-order valence-electron chi connectivity index (χ2n) is 11.2. The molecule has 0 aliphatic carbocycles. The van der Waals surface area contributed by atoms with Gasteiger partial charge >= 0.3 is 5.97 Å². The molecule has 1 amide bonds. The summed E-state index contributed by atoms with van der Waals surface area (Å²) >= 11 is 6.88. The second kappa shape index (κ2) is 15.7. The summed E-state index contributed by atoms with van der Waals surface area (Å²) in [6.07, 6.45) is 3.08. The highest BCUT2D eigenvalue weighted by Crippen LogP contribution is 2.26. The van der Waals surface area contributed by atoms with E-state index in [0.717, 1.165) is 62.7 Å². The third-order valence-corrected chi connectivity index (χ3v) is 9.68. The van der Waals surface area contributed by atoms with Crippen molar-refractivity contribution in [1.82, 2.24) is 10.2 Å². The molecule has 0 radical (unpaired) electrons. The summed E-state index contributed by atoms with van der Waals surface area (Å²) in [5, 5.41) is 31.1. The summed E-state index contributed by atoms with van der Waals surface area (Å²) in [6, 6.07) is 7.15. The number of piperidine rings is 2. The summed E-state index contributed by atoms with van der Waals surface area (Å²) < 4.78 is 2.04. The molecular formula is C30H43Br2ClN2O5. The zero-order chi connectivity index (χ0) is 29.5. The molecule has 2 aliphatic heterocycles. The molecule has 0 saturated carbocycles. The third kappa shape index (κ3) is 11.1. The summed E-state index contributed by atoms with van der Waals surface area (Å²) in [5.41, 5.74) is 4.13. The van der Waals surface area contributed by atoms with E-state index in [4.69, 9.17) is 5.11 Å². The van der Waals surface area contributed by atoms with Crippen molar-refractivity contribution in [2.45, 2.75) is 78.4 Å². The van der Waals surface area contributed by atoms with Crippen LogP contribution in [0.1, 0.15) is 82.5 Å². The number of halogens is 3. The average Bonchev–Trinajstić information content (AvgIpc) is 2.85. The van der Waals surface area contributed by atoms with E-state index in [1.807, 2.05) is 58.6 Å². The fourth-order valence-corrected chi connectivity index (χ4v) is 4.94. The summed E-state index contributed by atoms with van der Waals surface area (Å²) in [4.78, 5) is 24.9. The number of aryl methyl sites for hydroxylation is 4. The van der Waals surface area contributed by atoms with Crippen molar-refractivity contribution in [3.8, 4) is 0 Å². The lowest BCUT2D eigenvalue weighted by Gasteiger charge is -2.35.